The van der Waals surface area contributed by atoms with Gasteiger partial charge in [0.15, 0.2) is 0 Å². The number of hydrogen-bond donors (Lipinski definition) is 1. The summed E-state index contributed by atoms with van der Waals surface area (Å²) in [7, 11) is 3.66. The predicted molar refractivity (Wildman–Crippen MR) is 64.2 cm³/mol. The lowest BCUT2D eigenvalue weighted by Crippen LogP contribution is -2.36. The second kappa shape index (κ2) is 4.72. The van der Waals surface area contributed by atoms with Gasteiger partial charge in [-0.3, -0.25) is 9.69 Å². The van der Waals surface area contributed by atoms with Crippen molar-refractivity contribution < 1.29 is 4.79 Å². The SMILES string of the molecule is CC1C2CNCC2CN1CCC(=O)N(C)C. The molecule has 4 nitrogen and oxygen atoms in total. The van der Waals surface area contributed by atoms with Gasteiger partial charge in [0.25, 0.3) is 0 Å². The maximum absolute atomic E-state index is 11.5. The summed E-state index contributed by atoms with van der Waals surface area (Å²) in [5.41, 5.74) is 0. The van der Waals surface area contributed by atoms with Crippen LogP contribution in [-0.4, -0.2) is 62.0 Å². The van der Waals surface area contributed by atoms with Gasteiger partial charge in [-0.05, 0) is 31.8 Å². The normalized spacial score (nSPS) is 34.1. The Hall–Kier alpha value is -0.610. The fourth-order valence-corrected chi connectivity index (χ4v) is 3.01. The Morgan fingerprint density at radius 1 is 1.44 bits per heavy atom. The Bertz CT molecular complexity index is 267. The molecule has 2 heterocycles. The highest BCUT2D eigenvalue weighted by Crippen LogP contribution is 2.32. The molecule has 92 valence electrons. The fourth-order valence-electron chi connectivity index (χ4n) is 3.01. The van der Waals surface area contributed by atoms with Crippen LogP contribution in [0.25, 0.3) is 0 Å². The molecule has 3 atom stereocenters. The number of fused-ring (bicyclic) bond motifs is 1. The van der Waals surface area contributed by atoms with Crippen molar-refractivity contribution in [3.05, 3.63) is 0 Å². The molecule has 2 aliphatic heterocycles. The minimum Gasteiger partial charge on any atom is -0.349 e. The monoisotopic (exact) mass is 225 g/mol. The van der Waals surface area contributed by atoms with Gasteiger partial charge in [0.2, 0.25) is 5.91 Å². The Morgan fingerprint density at radius 3 is 2.81 bits per heavy atom. The van der Waals surface area contributed by atoms with E-state index in [1.165, 1.54) is 6.54 Å². The van der Waals surface area contributed by atoms with Crippen molar-refractivity contribution >= 4 is 5.91 Å². The van der Waals surface area contributed by atoms with Crippen LogP contribution in [0.1, 0.15) is 13.3 Å². The fraction of sp³-hybridized carbons (Fsp3) is 0.917. The van der Waals surface area contributed by atoms with Gasteiger partial charge in [0.05, 0.1) is 0 Å². The van der Waals surface area contributed by atoms with E-state index in [-0.39, 0.29) is 5.91 Å². The smallest absolute Gasteiger partial charge is 0.223 e. The highest BCUT2D eigenvalue weighted by atomic mass is 16.2. The zero-order chi connectivity index (χ0) is 11.7. The van der Waals surface area contributed by atoms with E-state index < -0.39 is 0 Å². The van der Waals surface area contributed by atoms with Crippen LogP contribution < -0.4 is 5.32 Å². The molecular weight excluding hydrogens is 202 g/mol. The highest BCUT2D eigenvalue weighted by Gasteiger charge is 2.41. The third-order valence-corrected chi connectivity index (χ3v) is 4.17. The lowest BCUT2D eigenvalue weighted by molar-refractivity contribution is -0.129. The van der Waals surface area contributed by atoms with Crippen LogP contribution in [0, 0.1) is 11.8 Å². The molecule has 2 aliphatic rings. The van der Waals surface area contributed by atoms with Gasteiger partial charge in [0, 0.05) is 39.6 Å². The van der Waals surface area contributed by atoms with Crippen LogP contribution in [0.2, 0.25) is 0 Å². The first-order chi connectivity index (χ1) is 7.59. The van der Waals surface area contributed by atoms with Crippen molar-refractivity contribution in [2.75, 3.05) is 40.3 Å². The first kappa shape index (κ1) is 11.9. The molecule has 2 saturated heterocycles. The predicted octanol–water partition coefficient (Wildman–Crippen LogP) is 0.00440. The third kappa shape index (κ3) is 2.23. The van der Waals surface area contributed by atoms with Crippen LogP contribution >= 0.6 is 0 Å². The van der Waals surface area contributed by atoms with E-state index in [1.54, 1.807) is 4.90 Å². The Kier molecular flexibility index (Phi) is 3.50. The molecule has 2 fully saturated rings. The molecule has 1 N–H and O–H groups in total. The number of carbonyl (C=O) groups excluding carboxylic acids is 1. The Morgan fingerprint density at radius 2 is 2.19 bits per heavy atom. The Balaban J connectivity index is 1.81. The van der Waals surface area contributed by atoms with Gasteiger partial charge in [-0.25, -0.2) is 0 Å². The maximum Gasteiger partial charge on any atom is 0.223 e. The van der Waals surface area contributed by atoms with Crippen molar-refractivity contribution in [3.8, 4) is 0 Å². The molecule has 1 amide bonds. The van der Waals surface area contributed by atoms with Gasteiger partial charge < -0.3 is 10.2 Å². The standard InChI is InChI=1S/C12H23N3O/c1-9-11-7-13-6-10(11)8-15(9)5-4-12(16)14(2)3/h9-11,13H,4-8H2,1-3H3. The van der Waals surface area contributed by atoms with Crippen molar-refractivity contribution in [1.29, 1.82) is 0 Å². The maximum atomic E-state index is 11.5. The molecule has 0 spiro atoms. The van der Waals surface area contributed by atoms with Gasteiger partial charge in [0.1, 0.15) is 0 Å². The van der Waals surface area contributed by atoms with Gasteiger partial charge >= 0.3 is 0 Å². The summed E-state index contributed by atoms with van der Waals surface area (Å²) in [6.45, 7) is 6.71. The topological polar surface area (TPSA) is 35.6 Å². The van der Waals surface area contributed by atoms with E-state index in [2.05, 4.69) is 17.1 Å². The molecule has 0 aromatic heterocycles. The van der Waals surface area contributed by atoms with Crippen molar-refractivity contribution in [3.63, 3.8) is 0 Å². The van der Waals surface area contributed by atoms with E-state index in [9.17, 15) is 4.79 Å². The highest BCUT2D eigenvalue weighted by molar-refractivity contribution is 5.75. The largest absolute Gasteiger partial charge is 0.349 e. The van der Waals surface area contributed by atoms with Crippen LogP contribution in [0.15, 0.2) is 0 Å². The van der Waals surface area contributed by atoms with Gasteiger partial charge in [-0.2, -0.15) is 0 Å². The summed E-state index contributed by atoms with van der Waals surface area (Å²) in [4.78, 5) is 15.7. The number of hydrogen-bond acceptors (Lipinski definition) is 3. The minimum atomic E-state index is 0.238. The Labute approximate surface area is 98.0 Å². The molecule has 3 unspecified atom stereocenters. The number of nitrogens with one attached hydrogen (secondary N) is 1. The molecule has 2 rings (SSSR count). The van der Waals surface area contributed by atoms with E-state index >= 15 is 0 Å². The summed E-state index contributed by atoms with van der Waals surface area (Å²) in [6.07, 6.45) is 0.657. The van der Waals surface area contributed by atoms with Gasteiger partial charge in [-0.15, -0.1) is 0 Å². The zero-order valence-electron chi connectivity index (χ0n) is 10.6. The number of rotatable bonds is 3. The minimum absolute atomic E-state index is 0.238. The summed E-state index contributed by atoms with van der Waals surface area (Å²) in [5, 5.41) is 3.46. The molecule has 0 radical (unpaired) electrons. The van der Waals surface area contributed by atoms with E-state index in [1.807, 2.05) is 14.1 Å². The van der Waals surface area contributed by atoms with Crippen molar-refractivity contribution in [1.82, 2.24) is 15.1 Å². The molecule has 0 aromatic carbocycles. The lowest BCUT2D eigenvalue weighted by Gasteiger charge is -2.24. The molecule has 16 heavy (non-hydrogen) atoms. The van der Waals surface area contributed by atoms with Crippen molar-refractivity contribution in [2.45, 2.75) is 19.4 Å². The zero-order valence-corrected chi connectivity index (χ0v) is 10.6. The lowest BCUT2D eigenvalue weighted by atomic mass is 9.95. The number of carbonyl (C=O) groups is 1. The first-order valence-electron chi connectivity index (χ1n) is 6.24. The third-order valence-electron chi connectivity index (χ3n) is 4.17. The summed E-state index contributed by atoms with van der Waals surface area (Å²) >= 11 is 0. The van der Waals surface area contributed by atoms with E-state index in [4.69, 9.17) is 0 Å². The average molecular weight is 225 g/mol. The van der Waals surface area contributed by atoms with Crippen molar-refractivity contribution in [2.24, 2.45) is 11.8 Å². The van der Waals surface area contributed by atoms with Crippen LogP contribution in [0.3, 0.4) is 0 Å². The summed E-state index contributed by atoms with van der Waals surface area (Å²) < 4.78 is 0. The second-order valence-electron chi connectivity index (χ2n) is 5.36. The van der Waals surface area contributed by atoms with Crippen LogP contribution in [-0.2, 0) is 4.79 Å². The molecular formula is C12H23N3O. The quantitative estimate of drug-likeness (QED) is 0.734. The average Bonchev–Trinajstić information content (AvgIpc) is 2.79. The van der Waals surface area contributed by atoms with Crippen LogP contribution in [0.5, 0.6) is 0 Å². The van der Waals surface area contributed by atoms with Crippen LogP contribution in [0.4, 0.5) is 0 Å². The molecule has 0 aliphatic carbocycles. The molecule has 0 bridgehead atoms. The number of nitrogens with zero attached hydrogens (tertiary/aromatic N) is 2. The number of likely N-dealkylation sites (tertiary alicyclic amines) is 1. The molecule has 4 heteroatoms. The summed E-state index contributed by atoms with van der Waals surface area (Å²) in [5.74, 6) is 1.85. The first-order valence-corrected chi connectivity index (χ1v) is 6.24. The molecule has 0 saturated carbocycles. The summed E-state index contributed by atoms with van der Waals surface area (Å²) in [6, 6.07) is 0.634. The van der Waals surface area contributed by atoms with E-state index in [0.717, 1.165) is 31.5 Å². The van der Waals surface area contributed by atoms with Gasteiger partial charge in [-0.1, -0.05) is 0 Å². The number of amides is 1. The molecule has 0 aromatic rings. The second-order valence-corrected chi connectivity index (χ2v) is 5.36. The van der Waals surface area contributed by atoms with E-state index in [0.29, 0.717) is 12.5 Å².